The van der Waals surface area contributed by atoms with Gasteiger partial charge in [-0.3, -0.25) is 0 Å². The number of hydrogen-bond donors (Lipinski definition) is 0. The zero-order valence-electron chi connectivity index (χ0n) is 9.55. The molecule has 0 saturated heterocycles. The van der Waals surface area contributed by atoms with Gasteiger partial charge in [-0.05, 0) is 38.5 Å². The molecule has 0 spiro atoms. The van der Waals surface area contributed by atoms with Crippen molar-refractivity contribution in [2.45, 2.75) is 66.2 Å². The third-order valence-electron chi connectivity index (χ3n) is 4.07. The Balaban J connectivity index is 2.34. The van der Waals surface area contributed by atoms with Crippen molar-refractivity contribution in [1.82, 2.24) is 0 Å². The molecule has 0 aromatic rings. The van der Waals surface area contributed by atoms with Crippen molar-refractivity contribution >= 4 is 34.8 Å². The minimum absolute atomic E-state index is 0.0868. The molecule has 0 N–H and O–H groups in total. The summed E-state index contributed by atoms with van der Waals surface area (Å²) in [4.78, 5) is -1.52. The van der Waals surface area contributed by atoms with Crippen LogP contribution in [0.5, 0.6) is 0 Å². The monoisotopic (exact) mass is 303 g/mol. The van der Waals surface area contributed by atoms with Crippen LogP contribution >= 0.6 is 34.8 Å². The highest BCUT2D eigenvalue weighted by Crippen LogP contribution is 2.61. The molecule has 2 rings (SSSR count). The van der Waals surface area contributed by atoms with Crippen LogP contribution in [0.3, 0.4) is 0 Å². The molecule has 2 saturated carbocycles. The van der Waals surface area contributed by atoms with Crippen LogP contribution in [0.2, 0.25) is 0 Å². The maximum absolute atomic E-state index is 15.0. The molecular weight excluding hydrogens is 288 g/mol. The van der Waals surface area contributed by atoms with Gasteiger partial charge in [-0.2, -0.15) is 0 Å². The summed E-state index contributed by atoms with van der Waals surface area (Å²) in [6.07, 6.45) is 3.13. The average Bonchev–Trinajstić information content (AvgIpc) is 2.26. The molecule has 0 aliphatic heterocycles. The summed E-state index contributed by atoms with van der Waals surface area (Å²) in [6.45, 7) is 0. The first-order chi connectivity index (χ1) is 7.83. The predicted octanol–water partition coefficient (Wildman–Crippen LogP) is 5.50. The first kappa shape index (κ1) is 14.1. The molecule has 2 aliphatic rings. The second-order valence-electron chi connectivity index (χ2n) is 5.13. The van der Waals surface area contributed by atoms with E-state index in [0.29, 0.717) is 25.7 Å². The number of hydrogen-bond acceptors (Lipinski definition) is 0. The van der Waals surface area contributed by atoms with Crippen molar-refractivity contribution < 1.29 is 8.78 Å². The van der Waals surface area contributed by atoms with Crippen LogP contribution < -0.4 is 0 Å². The molecule has 0 bridgehead atoms. The first-order valence-electron chi connectivity index (χ1n) is 6.11. The van der Waals surface area contributed by atoms with Gasteiger partial charge in [-0.15, -0.1) is 11.6 Å². The number of halogens is 5. The molecular formula is C12H16Cl3F2. The summed E-state index contributed by atoms with van der Waals surface area (Å²) in [5, 5.41) is 0. The Hall–Kier alpha value is 0.730. The van der Waals surface area contributed by atoms with E-state index in [1.165, 1.54) is 0 Å². The maximum Gasteiger partial charge on any atom is 0.183 e. The topological polar surface area (TPSA) is 0 Å². The van der Waals surface area contributed by atoms with Crippen LogP contribution in [0, 0.1) is 6.17 Å². The summed E-state index contributed by atoms with van der Waals surface area (Å²) in [5.74, 6) is 0. The minimum Gasteiger partial charge on any atom is -0.238 e. The van der Waals surface area contributed by atoms with Crippen molar-refractivity contribution in [2.24, 2.45) is 0 Å². The Morgan fingerprint density at radius 2 is 1.47 bits per heavy atom. The molecule has 0 aromatic heterocycles. The van der Waals surface area contributed by atoms with E-state index in [0.717, 1.165) is 12.8 Å². The highest BCUT2D eigenvalue weighted by atomic mass is 35.5. The second-order valence-corrected chi connectivity index (χ2v) is 7.26. The van der Waals surface area contributed by atoms with Crippen LogP contribution in [-0.2, 0) is 0 Å². The van der Waals surface area contributed by atoms with E-state index in [1.807, 2.05) is 0 Å². The van der Waals surface area contributed by atoms with Crippen molar-refractivity contribution in [3.63, 3.8) is 0 Å². The molecule has 17 heavy (non-hydrogen) atoms. The number of alkyl halides is 4. The first-order valence-corrected chi connectivity index (χ1v) is 7.24. The molecule has 2 atom stereocenters. The Morgan fingerprint density at radius 1 is 0.882 bits per heavy atom. The fraction of sp³-hybridized carbons (Fsp3) is 0.917. The van der Waals surface area contributed by atoms with E-state index >= 15 is 4.39 Å². The van der Waals surface area contributed by atoms with Crippen LogP contribution in [0.15, 0.2) is 0 Å². The van der Waals surface area contributed by atoms with Gasteiger partial charge in [-0.25, -0.2) is 8.78 Å². The Labute approximate surface area is 116 Å². The average molecular weight is 305 g/mol. The summed E-state index contributed by atoms with van der Waals surface area (Å²) in [5.41, 5.74) is -2.17. The van der Waals surface area contributed by atoms with Gasteiger partial charge in [0.15, 0.2) is 11.8 Å². The lowest BCUT2D eigenvalue weighted by atomic mass is 9.69. The van der Waals surface area contributed by atoms with Gasteiger partial charge in [0.05, 0.1) is 0 Å². The van der Waals surface area contributed by atoms with Crippen LogP contribution in [0.4, 0.5) is 8.78 Å². The van der Waals surface area contributed by atoms with Gasteiger partial charge in [0, 0.05) is 0 Å². The van der Waals surface area contributed by atoms with E-state index in [9.17, 15) is 4.39 Å². The summed E-state index contributed by atoms with van der Waals surface area (Å²) < 4.78 is 27.6. The van der Waals surface area contributed by atoms with Gasteiger partial charge in [0.1, 0.15) is 9.21 Å². The van der Waals surface area contributed by atoms with E-state index in [-0.39, 0.29) is 12.8 Å². The highest BCUT2D eigenvalue weighted by molar-refractivity contribution is 6.53. The van der Waals surface area contributed by atoms with Gasteiger partial charge >= 0.3 is 0 Å². The molecule has 0 heterocycles. The molecule has 0 amide bonds. The fourth-order valence-corrected chi connectivity index (χ4v) is 4.16. The van der Waals surface area contributed by atoms with Gasteiger partial charge in [0.25, 0.3) is 0 Å². The van der Waals surface area contributed by atoms with Gasteiger partial charge in [0.2, 0.25) is 0 Å². The SMILES string of the molecule is F[C]1CCCCC1(F)C1(Cl)CCCCC1(Cl)Cl. The van der Waals surface area contributed by atoms with Crippen LogP contribution in [-0.4, -0.2) is 14.9 Å². The molecule has 2 aliphatic carbocycles. The quantitative estimate of drug-likeness (QED) is 0.561. The van der Waals surface area contributed by atoms with E-state index in [4.69, 9.17) is 34.8 Å². The lowest BCUT2D eigenvalue weighted by Crippen LogP contribution is -2.61. The fourth-order valence-electron chi connectivity index (χ4n) is 2.98. The predicted molar refractivity (Wildman–Crippen MR) is 68.1 cm³/mol. The third kappa shape index (κ3) is 2.08. The second kappa shape index (κ2) is 4.68. The van der Waals surface area contributed by atoms with Crippen molar-refractivity contribution in [2.75, 3.05) is 0 Å². The van der Waals surface area contributed by atoms with Crippen molar-refractivity contribution in [3.8, 4) is 0 Å². The smallest absolute Gasteiger partial charge is 0.183 e. The van der Waals surface area contributed by atoms with E-state index in [1.54, 1.807) is 0 Å². The zero-order valence-corrected chi connectivity index (χ0v) is 11.8. The standard InChI is InChI=1S/C12H16Cl3F2/c13-11(7-3-4-8-12(11,14)15)10(17)6-2-1-5-9(10)16/h1-8H2. The molecule has 1 radical (unpaired) electrons. The minimum atomic E-state index is -2.17. The van der Waals surface area contributed by atoms with Crippen LogP contribution in [0.1, 0.15) is 51.4 Å². The molecule has 0 aromatic carbocycles. The normalized spacial score (nSPS) is 43.6. The van der Waals surface area contributed by atoms with E-state index in [2.05, 4.69) is 0 Å². The van der Waals surface area contributed by atoms with Gasteiger partial charge in [-0.1, -0.05) is 36.0 Å². The lowest BCUT2D eigenvalue weighted by Gasteiger charge is -2.52. The molecule has 99 valence electrons. The molecule has 0 nitrogen and oxygen atoms in total. The molecule has 5 heteroatoms. The maximum atomic E-state index is 15.0. The largest absolute Gasteiger partial charge is 0.238 e. The Kier molecular flexibility index (Phi) is 3.90. The Morgan fingerprint density at radius 3 is 2.06 bits per heavy atom. The summed E-state index contributed by atoms with van der Waals surface area (Å²) in [7, 11) is 0. The molecule has 2 unspecified atom stereocenters. The molecule has 2 fully saturated rings. The van der Waals surface area contributed by atoms with Crippen molar-refractivity contribution in [3.05, 3.63) is 6.17 Å². The Bertz CT molecular complexity index is 297. The van der Waals surface area contributed by atoms with Crippen LogP contribution in [0.25, 0.3) is 0 Å². The summed E-state index contributed by atoms with van der Waals surface area (Å²) >= 11 is 18.7. The van der Waals surface area contributed by atoms with Crippen molar-refractivity contribution in [1.29, 1.82) is 0 Å². The van der Waals surface area contributed by atoms with E-state index < -0.39 is 21.0 Å². The third-order valence-corrected chi connectivity index (χ3v) is 6.10. The van der Waals surface area contributed by atoms with Gasteiger partial charge < -0.3 is 0 Å². The highest BCUT2D eigenvalue weighted by Gasteiger charge is 2.67. The summed E-state index contributed by atoms with van der Waals surface area (Å²) in [6, 6.07) is 0. The lowest BCUT2D eigenvalue weighted by molar-refractivity contribution is 0.0174. The zero-order chi connectivity index (χ0) is 12.7. The number of rotatable bonds is 1.